The zero-order valence-electron chi connectivity index (χ0n) is 15.0. The van der Waals surface area contributed by atoms with Gasteiger partial charge in [0.2, 0.25) is 0 Å². The molecule has 1 aromatic carbocycles. The van der Waals surface area contributed by atoms with Gasteiger partial charge in [-0.2, -0.15) is 0 Å². The molecule has 0 spiro atoms. The van der Waals surface area contributed by atoms with Crippen molar-refractivity contribution in [1.29, 1.82) is 0 Å². The number of anilines is 1. The van der Waals surface area contributed by atoms with Gasteiger partial charge in [0.15, 0.2) is 6.61 Å². The zero-order chi connectivity index (χ0) is 19.8. The fourth-order valence-corrected chi connectivity index (χ4v) is 2.31. The molecule has 0 saturated heterocycles. The second kappa shape index (κ2) is 9.33. The van der Waals surface area contributed by atoms with Crippen LogP contribution in [-0.2, 0) is 14.3 Å². The lowest BCUT2D eigenvalue weighted by Gasteiger charge is -2.15. The van der Waals surface area contributed by atoms with Gasteiger partial charge in [-0.05, 0) is 36.1 Å². The van der Waals surface area contributed by atoms with Crippen molar-refractivity contribution in [1.82, 2.24) is 0 Å². The average Bonchev–Trinajstić information content (AvgIpc) is 3.14. The Morgan fingerprint density at radius 1 is 1.30 bits per heavy atom. The van der Waals surface area contributed by atoms with Crippen LogP contribution >= 0.6 is 0 Å². The molecule has 1 amide bonds. The zero-order valence-corrected chi connectivity index (χ0v) is 15.0. The quantitative estimate of drug-likeness (QED) is 0.325. The Balaban J connectivity index is 1.87. The maximum Gasteiger partial charge on any atom is 0.433 e. The van der Waals surface area contributed by atoms with Gasteiger partial charge in [-0.15, -0.1) is 0 Å². The maximum absolute atomic E-state index is 12.0. The van der Waals surface area contributed by atoms with Gasteiger partial charge in [0.05, 0.1) is 6.07 Å². The van der Waals surface area contributed by atoms with E-state index in [1.54, 1.807) is 6.07 Å². The number of hydrogen-bond donors (Lipinski definition) is 1. The van der Waals surface area contributed by atoms with E-state index in [0.29, 0.717) is 5.69 Å². The smallest absolute Gasteiger partial charge is 0.433 e. The third kappa shape index (κ3) is 5.81. The van der Waals surface area contributed by atoms with Gasteiger partial charge >= 0.3 is 11.9 Å². The van der Waals surface area contributed by atoms with E-state index >= 15 is 0 Å². The summed E-state index contributed by atoms with van der Waals surface area (Å²) >= 11 is 0. The van der Waals surface area contributed by atoms with Crippen LogP contribution in [-0.4, -0.2) is 23.4 Å². The summed E-state index contributed by atoms with van der Waals surface area (Å²) in [6, 6.07) is 9.99. The van der Waals surface area contributed by atoms with Crippen molar-refractivity contribution in [3.05, 3.63) is 63.9 Å². The van der Waals surface area contributed by atoms with Crippen LogP contribution in [0.1, 0.15) is 37.5 Å². The van der Waals surface area contributed by atoms with E-state index in [2.05, 4.69) is 19.2 Å². The molecule has 0 bridgehead atoms. The number of nitrogens with one attached hydrogen (secondary N) is 1. The fourth-order valence-electron chi connectivity index (χ4n) is 2.31. The monoisotopic (exact) mass is 372 g/mol. The molecule has 1 N–H and O–H groups in total. The summed E-state index contributed by atoms with van der Waals surface area (Å²) in [5.74, 6) is -1.24. The van der Waals surface area contributed by atoms with Gasteiger partial charge < -0.3 is 14.5 Å². The number of hydrogen-bond acceptors (Lipinski definition) is 6. The van der Waals surface area contributed by atoms with E-state index in [9.17, 15) is 19.7 Å². The molecule has 8 nitrogen and oxygen atoms in total. The Hall–Kier alpha value is -3.42. The number of nitrogens with zero attached hydrogens (tertiary/aromatic N) is 1. The van der Waals surface area contributed by atoms with Crippen LogP contribution in [0.2, 0.25) is 0 Å². The Morgan fingerprint density at radius 3 is 2.70 bits per heavy atom. The highest BCUT2D eigenvalue weighted by atomic mass is 16.6. The van der Waals surface area contributed by atoms with E-state index in [-0.39, 0.29) is 11.7 Å². The molecule has 1 atom stereocenters. The minimum atomic E-state index is -0.764. The summed E-state index contributed by atoms with van der Waals surface area (Å²) in [5, 5.41) is 13.3. The van der Waals surface area contributed by atoms with Crippen molar-refractivity contribution in [2.45, 2.75) is 26.2 Å². The molecule has 27 heavy (non-hydrogen) atoms. The van der Waals surface area contributed by atoms with Crippen molar-refractivity contribution in [2.75, 3.05) is 11.9 Å². The normalized spacial score (nSPS) is 11.9. The maximum atomic E-state index is 12.0. The van der Waals surface area contributed by atoms with Crippen molar-refractivity contribution >= 4 is 29.5 Å². The van der Waals surface area contributed by atoms with Crippen LogP contribution in [0.15, 0.2) is 46.9 Å². The van der Waals surface area contributed by atoms with Crippen LogP contribution in [0.5, 0.6) is 0 Å². The first-order chi connectivity index (χ1) is 12.9. The fraction of sp³-hybridized carbons (Fsp3) is 0.263. The van der Waals surface area contributed by atoms with Crippen LogP contribution < -0.4 is 5.32 Å². The second-order valence-corrected chi connectivity index (χ2v) is 5.82. The molecular weight excluding hydrogens is 352 g/mol. The molecule has 0 aliphatic heterocycles. The number of carbonyl (C=O) groups is 2. The van der Waals surface area contributed by atoms with Crippen LogP contribution in [0.25, 0.3) is 6.08 Å². The van der Waals surface area contributed by atoms with E-state index in [0.717, 1.165) is 18.1 Å². The molecule has 0 aliphatic rings. The Kier molecular flexibility index (Phi) is 6.87. The van der Waals surface area contributed by atoms with Gasteiger partial charge in [-0.1, -0.05) is 32.0 Å². The van der Waals surface area contributed by atoms with Gasteiger partial charge in [-0.25, -0.2) is 4.79 Å². The summed E-state index contributed by atoms with van der Waals surface area (Å²) < 4.78 is 9.74. The molecule has 2 aromatic rings. The molecule has 1 aromatic heterocycles. The summed E-state index contributed by atoms with van der Waals surface area (Å²) in [4.78, 5) is 33.5. The molecular formula is C19H20N2O6. The SMILES string of the molecule is CC[C@@H](C)c1ccccc1NC(=O)COC(=O)/C=C/c1ccc([N+](=O)[O-])o1. The lowest BCUT2D eigenvalue weighted by atomic mass is 9.97. The first-order valence-corrected chi connectivity index (χ1v) is 8.38. The summed E-state index contributed by atoms with van der Waals surface area (Å²) in [6.07, 6.45) is 3.19. The largest absolute Gasteiger partial charge is 0.452 e. The molecule has 8 heteroatoms. The third-order valence-corrected chi connectivity index (χ3v) is 3.90. The molecule has 0 aliphatic carbocycles. The lowest BCUT2D eigenvalue weighted by molar-refractivity contribution is -0.402. The van der Waals surface area contributed by atoms with E-state index in [1.807, 2.05) is 18.2 Å². The number of para-hydroxylation sites is 1. The van der Waals surface area contributed by atoms with Crippen LogP contribution in [0.3, 0.4) is 0 Å². The van der Waals surface area contributed by atoms with Gasteiger partial charge in [0, 0.05) is 11.8 Å². The van der Waals surface area contributed by atoms with Crippen molar-refractivity contribution in [3.8, 4) is 0 Å². The van der Waals surface area contributed by atoms with Gasteiger partial charge in [-0.3, -0.25) is 14.9 Å². The molecule has 0 fully saturated rings. The number of amides is 1. The minimum absolute atomic E-state index is 0.130. The van der Waals surface area contributed by atoms with Gasteiger partial charge in [0.1, 0.15) is 10.7 Å². The second-order valence-electron chi connectivity index (χ2n) is 5.82. The van der Waals surface area contributed by atoms with Crippen molar-refractivity contribution in [2.24, 2.45) is 0 Å². The number of furan rings is 1. The Bertz CT molecular complexity index is 855. The van der Waals surface area contributed by atoms with Crippen molar-refractivity contribution < 1.29 is 23.7 Å². The average molecular weight is 372 g/mol. The summed E-state index contributed by atoms with van der Waals surface area (Å²) in [5.41, 5.74) is 1.70. The number of rotatable bonds is 8. The summed E-state index contributed by atoms with van der Waals surface area (Å²) in [7, 11) is 0. The topological polar surface area (TPSA) is 112 Å². The molecule has 0 unspecified atom stereocenters. The molecule has 142 valence electrons. The van der Waals surface area contributed by atoms with E-state index in [1.165, 1.54) is 18.2 Å². The lowest BCUT2D eigenvalue weighted by Crippen LogP contribution is -2.21. The van der Waals surface area contributed by atoms with Crippen LogP contribution in [0, 0.1) is 10.1 Å². The van der Waals surface area contributed by atoms with E-state index in [4.69, 9.17) is 9.15 Å². The Labute approximate surface area is 156 Å². The predicted molar refractivity (Wildman–Crippen MR) is 99.1 cm³/mol. The molecule has 2 rings (SSSR count). The standard InChI is InChI=1S/C19H20N2O6/c1-3-13(2)15-6-4-5-7-16(15)20-17(22)12-26-19(23)11-9-14-8-10-18(27-14)21(24)25/h4-11,13H,3,12H2,1-2H3,(H,20,22)/b11-9+/t13-/m1/s1. The molecule has 1 heterocycles. The van der Waals surface area contributed by atoms with Gasteiger partial charge in [0.25, 0.3) is 5.91 Å². The highest BCUT2D eigenvalue weighted by Crippen LogP contribution is 2.26. The number of esters is 1. The predicted octanol–water partition coefficient (Wildman–Crippen LogP) is 3.90. The van der Waals surface area contributed by atoms with Crippen LogP contribution in [0.4, 0.5) is 11.6 Å². The first-order valence-electron chi connectivity index (χ1n) is 8.38. The van der Waals surface area contributed by atoms with Crippen molar-refractivity contribution in [3.63, 3.8) is 0 Å². The molecule has 0 saturated carbocycles. The summed E-state index contributed by atoms with van der Waals surface area (Å²) in [6.45, 7) is 3.68. The Morgan fingerprint density at radius 2 is 2.04 bits per heavy atom. The number of nitro groups is 1. The number of carbonyl (C=O) groups excluding carboxylic acids is 2. The highest BCUT2D eigenvalue weighted by Gasteiger charge is 2.13. The van der Waals surface area contributed by atoms with E-state index < -0.39 is 29.3 Å². The third-order valence-electron chi connectivity index (χ3n) is 3.90. The highest BCUT2D eigenvalue weighted by molar-refractivity contribution is 5.95. The minimum Gasteiger partial charge on any atom is -0.452 e. The molecule has 0 radical (unpaired) electrons. The first kappa shape index (κ1) is 19.9. The number of benzene rings is 1. The number of ether oxygens (including phenoxy) is 1.